The number of rotatable bonds is 6. The van der Waals surface area contributed by atoms with E-state index in [2.05, 4.69) is 22.5 Å². The molecule has 3 aromatic rings. The van der Waals surface area contributed by atoms with Crippen LogP contribution in [0.2, 0.25) is 0 Å². The van der Waals surface area contributed by atoms with Crippen LogP contribution >= 0.6 is 0 Å². The number of hydrogen-bond acceptors (Lipinski definition) is 3. The molecule has 2 N–H and O–H groups in total. The van der Waals surface area contributed by atoms with Crippen LogP contribution in [0, 0.1) is 5.92 Å². The van der Waals surface area contributed by atoms with Gasteiger partial charge in [0.25, 0.3) is 0 Å². The Morgan fingerprint density at radius 3 is 2.35 bits per heavy atom. The van der Waals surface area contributed by atoms with Crippen LogP contribution < -0.4 is 10.6 Å². The number of fused-ring (bicyclic) bond motifs is 1. The van der Waals surface area contributed by atoms with E-state index in [9.17, 15) is 9.59 Å². The van der Waals surface area contributed by atoms with E-state index in [1.54, 1.807) is 0 Å². The molecule has 0 aliphatic carbocycles. The van der Waals surface area contributed by atoms with Crippen molar-refractivity contribution < 1.29 is 9.59 Å². The van der Waals surface area contributed by atoms with Gasteiger partial charge in [0.1, 0.15) is 0 Å². The van der Waals surface area contributed by atoms with E-state index in [-0.39, 0.29) is 17.7 Å². The highest BCUT2D eigenvalue weighted by Gasteiger charge is 2.26. The molecule has 1 heterocycles. The third-order valence-corrected chi connectivity index (χ3v) is 6.02. The molecule has 1 saturated heterocycles. The quantitative estimate of drug-likeness (QED) is 0.614. The van der Waals surface area contributed by atoms with Crippen molar-refractivity contribution in [3.63, 3.8) is 0 Å². The average Bonchev–Trinajstić information content (AvgIpc) is 2.80. The first-order valence-corrected chi connectivity index (χ1v) is 11.0. The Morgan fingerprint density at radius 1 is 0.903 bits per heavy atom. The Labute approximate surface area is 183 Å². The number of amides is 2. The van der Waals surface area contributed by atoms with E-state index in [1.165, 1.54) is 5.56 Å². The highest BCUT2D eigenvalue weighted by molar-refractivity contribution is 6.02. The van der Waals surface area contributed by atoms with E-state index in [0.29, 0.717) is 6.54 Å². The highest BCUT2D eigenvalue weighted by Crippen LogP contribution is 2.23. The number of likely N-dealkylation sites (tertiary alicyclic amines) is 1. The molecule has 5 nitrogen and oxygen atoms in total. The van der Waals surface area contributed by atoms with Crippen molar-refractivity contribution in [3.8, 4) is 0 Å². The van der Waals surface area contributed by atoms with Crippen LogP contribution in [0.15, 0.2) is 66.7 Å². The van der Waals surface area contributed by atoms with Gasteiger partial charge in [-0.2, -0.15) is 0 Å². The molecule has 0 atom stereocenters. The van der Waals surface area contributed by atoms with E-state index in [0.717, 1.165) is 54.5 Å². The molecule has 5 heteroatoms. The van der Waals surface area contributed by atoms with Gasteiger partial charge in [0, 0.05) is 22.7 Å². The molecule has 1 aliphatic heterocycles. The molecule has 2 amide bonds. The second kappa shape index (κ2) is 9.75. The second-order valence-corrected chi connectivity index (χ2v) is 8.17. The Morgan fingerprint density at radius 2 is 1.61 bits per heavy atom. The fraction of sp³-hybridized carbons (Fsp3) is 0.308. The Hall–Kier alpha value is -3.18. The van der Waals surface area contributed by atoms with Crippen molar-refractivity contribution in [2.45, 2.75) is 26.2 Å². The molecule has 0 saturated carbocycles. The molecule has 0 spiro atoms. The fourth-order valence-corrected chi connectivity index (χ4v) is 4.15. The van der Waals surface area contributed by atoms with Gasteiger partial charge in [-0.15, -0.1) is 0 Å². The zero-order chi connectivity index (χ0) is 21.6. The average molecular weight is 416 g/mol. The molecular formula is C26H29N3O2. The van der Waals surface area contributed by atoms with Gasteiger partial charge in [-0.1, -0.05) is 55.5 Å². The summed E-state index contributed by atoms with van der Waals surface area (Å²) < 4.78 is 0. The van der Waals surface area contributed by atoms with Crippen molar-refractivity contribution in [2.75, 3.05) is 30.3 Å². The summed E-state index contributed by atoms with van der Waals surface area (Å²) >= 11 is 0. The van der Waals surface area contributed by atoms with Crippen LogP contribution in [0.25, 0.3) is 10.8 Å². The molecule has 0 bridgehead atoms. The van der Waals surface area contributed by atoms with Crippen LogP contribution in [0.3, 0.4) is 0 Å². The maximum Gasteiger partial charge on any atom is 0.238 e. The van der Waals surface area contributed by atoms with Crippen molar-refractivity contribution in [2.24, 2.45) is 5.92 Å². The third kappa shape index (κ3) is 5.30. The van der Waals surface area contributed by atoms with Crippen LogP contribution in [-0.2, 0) is 16.0 Å². The van der Waals surface area contributed by atoms with Crippen molar-refractivity contribution >= 4 is 34.0 Å². The number of nitrogens with one attached hydrogen (secondary N) is 2. The lowest BCUT2D eigenvalue weighted by molar-refractivity contribution is -0.121. The van der Waals surface area contributed by atoms with Crippen molar-refractivity contribution in [3.05, 3.63) is 72.3 Å². The third-order valence-electron chi connectivity index (χ3n) is 6.02. The molecule has 0 unspecified atom stereocenters. The zero-order valence-electron chi connectivity index (χ0n) is 17.9. The first-order valence-electron chi connectivity index (χ1n) is 11.0. The summed E-state index contributed by atoms with van der Waals surface area (Å²) in [6.07, 6.45) is 2.52. The molecular weight excluding hydrogens is 386 g/mol. The van der Waals surface area contributed by atoms with Gasteiger partial charge in [0.05, 0.1) is 6.54 Å². The Kier molecular flexibility index (Phi) is 6.63. The lowest BCUT2D eigenvalue weighted by Gasteiger charge is -2.30. The highest BCUT2D eigenvalue weighted by atomic mass is 16.2. The first kappa shape index (κ1) is 21.1. The van der Waals surface area contributed by atoms with E-state index >= 15 is 0 Å². The lowest BCUT2D eigenvalue weighted by Crippen LogP contribution is -2.41. The smallest absolute Gasteiger partial charge is 0.238 e. The molecule has 0 radical (unpaired) electrons. The zero-order valence-corrected chi connectivity index (χ0v) is 17.9. The molecule has 1 fully saturated rings. The van der Waals surface area contributed by atoms with E-state index in [1.807, 2.05) is 66.7 Å². The lowest BCUT2D eigenvalue weighted by atomic mass is 9.95. The van der Waals surface area contributed by atoms with Crippen LogP contribution in [0.5, 0.6) is 0 Å². The fourth-order valence-electron chi connectivity index (χ4n) is 4.15. The number of hydrogen-bond donors (Lipinski definition) is 2. The number of benzene rings is 3. The molecule has 4 rings (SSSR count). The topological polar surface area (TPSA) is 61.4 Å². The standard InChI is InChI=1S/C26H29N3O2/c1-2-19-10-12-22(13-11-19)27-26(31)21-14-16-29(17-15-21)18-25(30)28-24-9-5-7-20-6-3-4-8-23(20)24/h3-13,21H,2,14-18H2,1H3,(H,27,31)(H,28,30). The molecule has 3 aromatic carbocycles. The Bertz CT molecular complexity index is 1050. The number of nitrogens with zero attached hydrogens (tertiary/aromatic N) is 1. The minimum atomic E-state index is -0.0183. The van der Waals surface area contributed by atoms with Gasteiger partial charge in [-0.05, 0) is 61.5 Å². The largest absolute Gasteiger partial charge is 0.326 e. The Balaban J connectivity index is 1.26. The maximum atomic E-state index is 12.6. The maximum absolute atomic E-state index is 12.6. The summed E-state index contributed by atoms with van der Waals surface area (Å²) in [6, 6.07) is 22.0. The molecule has 1 aliphatic rings. The van der Waals surface area contributed by atoms with Crippen LogP contribution in [0.1, 0.15) is 25.3 Å². The molecule has 31 heavy (non-hydrogen) atoms. The summed E-state index contributed by atoms with van der Waals surface area (Å²) in [6.45, 7) is 3.95. The summed E-state index contributed by atoms with van der Waals surface area (Å²) in [5, 5.41) is 8.23. The SMILES string of the molecule is CCc1ccc(NC(=O)C2CCN(CC(=O)Nc3cccc4ccccc34)CC2)cc1. The van der Waals surface area contributed by atoms with Crippen molar-refractivity contribution in [1.29, 1.82) is 0 Å². The summed E-state index contributed by atoms with van der Waals surface area (Å²) in [5.41, 5.74) is 2.94. The number of carbonyl (C=O) groups excluding carboxylic acids is 2. The monoisotopic (exact) mass is 415 g/mol. The van der Waals surface area contributed by atoms with Crippen LogP contribution in [0.4, 0.5) is 11.4 Å². The molecule has 0 aromatic heterocycles. The van der Waals surface area contributed by atoms with Crippen molar-refractivity contribution in [1.82, 2.24) is 4.90 Å². The van der Waals surface area contributed by atoms with Gasteiger partial charge >= 0.3 is 0 Å². The summed E-state index contributed by atoms with van der Waals surface area (Å²) in [5.74, 6) is 0.0441. The van der Waals surface area contributed by atoms with Gasteiger partial charge in [-0.3, -0.25) is 14.5 Å². The predicted molar refractivity (Wildman–Crippen MR) is 126 cm³/mol. The number of carbonyl (C=O) groups is 2. The predicted octanol–water partition coefficient (Wildman–Crippen LogP) is 4.69. The second-order valence-electron chi connectivity index (χ2n) is 8.17. The van der Waals surface area contributed by atoms with E-state index < -0.39 is 0 Å². The van der Waals surface area contributed by atoms with E-state index in [4.69, 9.17) is 0 Å². The van der Waals surface area contributed by atoms with Gasteiger partial charge in [-0.25, -0.2) is 0 Å². The minimum Gasteiger partial charge on any atom is -0.326 e. The number of piperidine rings is 1. The van der Waals surface area contributed by atoms with Gasteiger partial charge in [0.15, 0.2) is 0 Å². The summed E-state index contributed by atoms with van der Waals surface area (Å²) in [4.78, 5) is 27.3. The number of aryl methyl sites for hydroxylation is 1. The van der Waals surface area contributed by atoms with Gasteiger partial charge in [0.2, 0.25) is 11.8 Å². The normalized spacial score (nSPS) is 15.0. The minimum absolute atomic E-state index is 0.0109. The molecule has 160 valence electrons. The summed E-state index contributed by atoms with van der Waals surface area (Å²) in [7, 11) is 0. The first-order chi connectivity index (χ1) is 15.1. The van der Waals surface area contributed by atoms with Crippen LogP contribution in [-0.4, -0.2) is 36.3 Å². The number of anilines is 2. The van der Waals surface area contributed by atoms with Gasteiger partial charge < -0.3 is 10.6 Å².